The Hall–Kier alpha value is -2.74. The summed E-state index contributed by atoms with van der Waals surface area (Å²) in [6.07, 6.45) is 0.189. The number of amides is 1. The van der Waals surface area contributed by atoms with E-state index in [1.807, 2.05) is 37.3 Å². The zero-order valence-corrected chi connectivity index (χ0v) is 19.5. The Morgan fingerprint density at radius 3 is 2.48 bits per heavy atom. The van der Waals surface area contributed by atoms with Gasteiger partial charge in [-0.3, -0.25) is 9.10 Å². The van der Waals surface area contributed by atoms with Crippen LogP contribution in [0.3, 0.4) is 0 Å². The van der Waals surface area contributed by atoms with Gasteiger partial charge in [0.25, 0.3) is 5.91 Å². The minimum atomic E-state index is -3.55. The van der Waals surface area contributed by atoms with Crippen molar-refractivity contribution >= 4 is 21.6 Å². The standard InChI is InChI=1S/C23H30N2O5S/c1-16-6-11-20-19(14-16)25(31(5,27)28)15-21(30-20)22(26)24-12-13-29-18-9-7-17(8-10-18)23(2,3)4/h6-11,14,21H,12-13,15H2,1-5H3,(H,24,26)/t21-/m1/s1. The lowest BCUT2D eigenvalue weighted by Gasteiger charge is -2.34. The predicted molar refractivity (Wildman–Crippen MR) is 121 cm³/mol. The minimum absolute atomic E-state index is 0.0731. The summed E-state index contributed by atoms with van der Waals surface area (Å²) in [6.45, 7) is 8.81. The molecule has 0 unspecified atom stereocenters. The number of hydrogen-bond donors (Lipinski definition) is 1. The molecule has 0 bridgehead atoms. The second-order valence-corrected chi connectivity index (χ2v) is 10.7. The second-order valence-electron chi connectivity index (χ2n) is 8.79. The molecule has 2 aromatic rings. The van der Waals surface area contributed by atoms with E-state index in [0.29, 0.717) is 18.0 Å². The summed E-state index contributed by atoms with van der Waals surface area (Å²) >= 11 is 0. The van der Waals surface area contributed by atoms with Gasteiger partial charge in [-0.25, -0.2) is 8.42 Å². The molecule has 0 fully saturated rings. The number of ether oxygens (including phenoxy) is 2. The van der Waals surface area contributed by atoms with Gasteiger partial charge in [-0.1, -0.05) is 39.0 Å². The molecule has 0 aromatic heterocycles. The first kappa shape index (κ1) is 22.9. The molecule has 168 valence electrons. The van der Waals surface area contributed by atoms with Crippen LogP contribution in [0.15, 0.2) is 42.5 Å². The zero-order valence-electron chi connectivity index (χ0n) is 18.6. The lowest BCUT2D eigenvalue weighted by Crippen LogP contribution is -2.51. The van der Waals surface area contributed by atoms with E-state index in [0.717, 1.165) is 17.6 Å². The summed E-state index contributed by atoms with van der Waals surface area (Å²) < 4.78 is 37.2. The highest BCUT2D eigenvalue weighted by Gasteiger charge is 2.34. The van der Waals surface area contributed by atoms with Crippen molar-refractivity contribution in [3.05, 3.63) is 53.6 Å². The smallest absolute Gasteiger partial charge is 0.263 e. The first-order valence-electron chi connectivity index (χ1n) is 10.2. The van der Waals surface area contributed by atoms with Crippen molar-refractivity contribution in [2.24, 2.45) is 0 Å². The first-order valence-corrected chi connectivity index (χ1v) is 12.1. The van der Waals surface area contributed by atoms with Crippen molar-refractivity contribution in [3.63, 3.8) is 0 Å². The monoisotopic (exact) mass is 446 g/mol. The van der Waals surface area contributed by atoms with Gasteiger partial charge in [0, 0.05) is 0 Å². The van der Waals surface area contributed by atoms with E-state index in [1.165, 1.54) is 9.87 Å². The molecule has 3 rings (SSSR count). The normalized spacial score (nSPS) is 16.3. The van der Waals surface area contributed by atoms with Crippen LogP contribution >= 0.6 is 0 Å². The molecule has 1 aliphatic heterocycles. The van der Waals surface area contributed by atoms with Crippen LogP contribution in [0.2, 0.25) is 0 Å². The molecule has 2 aromatic carbocycles. The highest BCUT2D eigenvalue weighted by Crippen LogP contribution is 2.35. The van der Waals surface area contributed by atoms with Crippen LogP contribution in [0.5, 0.6) is 11.5 Å². The Kier molecular flexibility index (Phi) is 6.50. The highest BCUT2D eigenvalue weighted by molar-refractivity contribution is 7.92. The molecular formula is C23H30N2O5S. The number of hydrogen-bond acceptors (Lipinski definition) is 5. The average Bonchev–Trinajstić information content (AvgIpc) is 2.69. The summed E-state index contributed by atoms with van der Waals surface area (Å²) in [5, 5.41) is 2.76. The number of nitrogens with zero attached hydrogens (tertiary/aromatic N) is 1. The number of carbonyl (C=O) groups is 1. The number of sulfonamides is 1. The van der Waals surface area contributed by atoms with Crippen LogP contribution in [0.4, 0.5) is 5.69 Å². The molecule has 0 saturated carbocycles. The zero-order chi connectivity index (χ0) is 22.8. The van der Waals surface area contributed by atoms with E-state index in [-0.39, 0.29) is 24.4 Å². The second kappa shape index (κ2) is 8.78. The number of aryl methyl sites for hydroxylation is 1. The lowest BCUT2D eigenvalue weighted by molar-refractivity contribution is -0.127. The molecule has 0 aliphatic carbocycles. The van der Waals surface area contributed by atoms with Gasteiger partial charge in [0.05, 0.1) is 25.0 Å². The third-order valence-electron chi connectivity index (χ3n) is 5.07. The molecule has 0 radical (unpaired) electrons. The molecule has 1 aliphatic rings. The number of carbonyl (C=O) groups excluding carboxylic acids is 1. The summed E-state index contributed by atoms with van der Waals surface area (Å²) in [6, 6.07) is 13.1. The topological polar surface area (TPSA) is 84.9 Å². The third-order valence-corrected chi connectivity index (χ3v) is 6.21. The van der Waals surface area contributed by atoms with E-state index in [1.54, 1.807) is 12.1 Å². The lowest BCUT2D eigenvalue weighted by atomic mass is 9.87. The maximum atomic E-state index is 12.6. The summed E-state index contributed by atoms with van der Waals surface area (Å²) in [5.41, 5.74) is 2.65. The van der Waals surface area contributed by atoms with E-state index in [4.69, 9.17) is 9.47 Å². The van der Waals surface area contributed by atoms with Crippen LogP contribution in [0.1, 0.15) is 31.9 Å². The van der Waals surface area contributed by atoms with Crippen molar-refractivity contribution in [1.29, 1.82) is 0 Å². The minimum Gasteiger partial charge on any atom is -0.492 e. The van der Waals surface area contributed by atoms with Gasteiger partial charge in [-0.2, -0.15) is 0 Å². The van der Waals surface area contributed by atoms with E-state index >= 15 is 0 Å². The molecule has 7 nitrogen and oxygen atoms in total. The fourth-order valence-corrected chi connectivity index (χ4v) is 4.23. The Balaban J connectivity index is 1.56. The maximum Gasteiger partial charge on any atom is 0.263 e. The molecule has 1 heterocycles. The van der Waals surface area contributed by atoms with Crippen molar-refractivity contribution in [3.8, 4) is 11.5 Å². The van der Waals surface area contributed by atoms with Gasteiger partial charge in [-0.05, 0) is 47.7 Å². The maximum absolute atomic E-state index is 12.6. The number of anilines is 1. The van der Waals surface area contributed by atoms with Crippen LogP contribution in [-0.4, -0.2) is 46.4 Å². The van der Waals surface area contributed by atoms with E-state index < -0.39 is 16.1 Å². The number of rotatable bonds is 6. The van der Waals surface area contributed by atoms with Crippen LogP contribution in [0.25, 0.3) is 0 Å². The quantitative estimate of drug-likeness (QED) is 0.690. The molecule has 8 heteroatoms. The Labute approximate surface area is 184 Å². The Morgan fingerprint density at radius 1 is 1.19 bits per heavy atom. The number of fused-ring (bicyclic) bond motifs is 1. The van der Waals surface area contributed by atoms with Gasteiger partial charge in [-0.15, -0.1) is 0 Å². The van der Waals surface area contributed by atoms with E-state index in [9.17, 15) is 13.2 Å². The van der Waals surface area contributed by atoms with Gasteiger partial charge >= 0.3 is 0 Å². The number of nitrogens with one attached hydrogen (secondary N) is 1. The fraction of sp³-hybridized carbons (Fsp3) is 0.435. The first-order chi connectivity index (χ1) is 14.4. The molecular weight excluding hydrogens is 416 g/mol. The van der Waals surface area contributed by atoms with Crippen molar-refractivity contribution in [1.82, 2.24) is 5.32 Å². The predicted octanol–water partition coefficient (Wildman–Crippen LogP) is 3.01. The summed E-state index contributed by atoms with van der Waals surface area (Å²) in [7, 11) is -3.55. The van der Waals surface area contributed by atoms with Gasteiger partial charge < -0.3 is 14.8 Å². The largest absolute Gasteiger partial charge is 0.492 e. The SMILES string of the molecule is Cc1ccc2c(c1)N(S(C)(=O)=O)C[C@H](C(=O)NCCOc1ccc(C(C)(C)C)cc1)O2. The van der Waals surface area contributed by atoms with Crippen LogP contribution in [0, 0.1) is 6.92 Å². The van der Waals surface area contributed by atoms with Gasteiger partial charge in [0.1, 0.15) is 18.1 Å². The summed E-state index contributed by atoms with van der Waals surface area (Å²) in [4.78, 5) is 12.6. The third kappa shape index (κ3) is 5.70. The Bertz CT molecular complexity index is 1040. The van der Waals surface area contributed by atoms with Crippen LogP contribution in [-0.2, 0) is 20.2 Å². The molecule has 1 amide bonds. The van der Waals surface area contributed by atoms with Crippen molar-refractivity contribution in [2.75, 3.05) is 30.3 Å². The van der Waals surface area contributed by atoms with Gasteiger partial charge in [0.15, 0.2) is 6.10 Å². The highest BCUT2D eigenvalue weighted by atomic mass is 32.2. The van der Waals surface area contributed by atoms with Gasteiger partial charge in [0.2, 0.25) is 10.0 Å². The molecule has 1 atom stereocenters. The fourth-order valence-electron chi connectivity index (χ4n) is 3.32. The Morgan fingerprint density at radius 2 is 1.87 bits per heavy atom. The van der Waals surface area contributed by atoms with Crippen molar-refractivity contribution < 1.29 is 22.7 Å². The van der Waals surface area contributed by atoms with Crippen molar-refractivity contribution in [2.45, 2.75) is 39.2 Å². The molecule has 0 spiro atoms. The summed E-state index contributed by atoms with van der Waals surface area (Å²) in [5.74, 6) is 0.716. The van der Waals surface area contributed by atoms with E-state index in [2.05, 4.69) is 26.1 Å². The molecule has 0 saturated heterocycles. The van der Waals surface area contributed by atoms with Crippen LogP contribution < -0.4 is 19.1 Å². The average molecular weight is 447 g/mol. The molecule has 1 N–H and O–H groups in total. The number of benzene rings is 2. The molecule has 31 heavy (non-hydrogen) atoms.